The van der Waals surface area contributed by atoms with Crippen LogP contribution >= 0.6 is 12.4 Å². The van der Waals surface area contributed by atoms with Gasteiger partial charge >= 0.3 is 11.9 Å². The number of ketones is 1. The van der Waals surface area contributed by atoms with Gasteiger partial charge < -0.3 is 15.2 Å². The zero-order valence-corrected chi connectivity index (χ0v) is 22.9. The number of hydrogen-bond donors (Lipinski definition) is 3. The van der Waals surface area contributed by atoms with Crippen molar-refractivity contribution in [2.45, 2.75) is 6.04 Å². The summed E-state index contributed by atoms with van der Waals surface area (Å²) in [6.07, 6.45) is 2.18. The van der Waals surface area contributed by atoms with Crippen LogP contribution in [0.5, 0.6) is 0 Å². The minimum absolute atomic E-state index is 0. The number of aromatic amines is 1. The first-order valence-electron chi connectivity index (χ1n) is 11.3. The second-order valence-electron chi connectivity index (χ2n) is 8.49. The number of fused-ring (bicyclic) bond motifs is 1. The van der Waals surface area contributed by atoms with Crippen LogP contribution in [0.15, 0.2) is 48.7 Å². The number of carbonyl (C=O) groups excluding carboxylic acids is 3. The molecule has 0 radical (unpaired) electrons. The van der Waals surface area contributed by atoms with Crippen molar-refractivity contribution in [3.05, 3.63) is 77.1 Å². The van der Waals surface area contributed by atoms with Crippen molar-refractivity contribution < 1.29 is 41.1 Å². The molecule has 0 unspecified atom stereocenters. The second-order valence-corrected chi connectivity index (χ2v) is 10.2. The third-order valence-corrected chi connectivity index (χ3v) is 6.19. The van der Waals surface area contributed by atoms with Crippen LogP contribution in [0.2, 0.25) is 0 Å². The Bertz CT molecular complexity index is 1750. The summed E-state index contributed by atoms with van der Waals surface area (Å²) in [7, 11) is -2.87. The maximum Gasteiger partial charge on any atom is 0.338 e. The average molecular weight is 610 g/mol. The largest absolute Gasteiger partial charge is 0.468 e. The van der Waals surface area contributed by atoms with Crippen molar-refractivity contribution in [3.63, 3.8) is 0 Å². The van der Waals surface area contributed by atoms with E-state index in [-0.39, 0.29) is 41.3 Å². The minimum Gasteiger partial charge on any atom is -0.468 e. The summed E-state index contributed by atoms with van der Waals surface area (Å²) < 4.78 is 63.4. The van der Waals surface area contributed by atoms with Crippen molar-refractivity contribution >= 4 is 56.9 Å². The number of rotatable bonds is 9. The van der Waals surface area contributed by atoms with Crippen molar-refractivity contribution in [2.24, 2.45) is 5.73 Å². The quantitative estimate of drug-likeness (QED) is 0.188. The Labute approximate surface area is 237 Å². The lowest BCUT2D eigenvalue weighted by atomic mass is 10.0. The molecule has 0 aliphatic rings. The molecule has 0 bridgehead atoms. The number of aromatic nitrogens is 3. The first-order valence-corrected chi connectivity index (χ1v) is 13.2. The molecule has 41 heavy (non-hydrogen) atoms. The topological polar surface area (TPSA) is 183 Å². The van der Waals surface area contributed by atoms with Gasteiger partial charge in [0, 0.05) is 11.8 Å². The van der Waals surface area contributed by atoms with Gasteiger partial charge in [0.15, 0.2) is 11.5 Å². The van der Waals surface area contributed by atoms with Crippen LogP contribution in [0.4, 0.5) is 14.5 Å². The maximum absolute atomic E-state index is 15.0. The minimum atomic E-state index is -4.03. The zero-order valence-electron chi connectivity index (χ0n) is 21.3. The molecule has 0 fully saturated rings. The van der Waals surface area contributed by atoms with Gasteiger partial charge in [-0.3, -0.25) is 19.4 Å². The van der Waals surface area contributed by atoms with E-state index in [0.717, 1.165) is 19.2 Å². The van der Waals surface area contributed by atoms with Gasteiger partial charge in [-0.25, -0.2) is 27.0 Å². The summed E-state index contributed by atoms with van der Waals surface area (Å²) in [6.45, 7) is -0.369. The highest BCUT2D eigenvalue weighted by Gasteiger charge is 2.25. The molecular formula is C25H22ClF2N5O7S. The van der Waals surface area contributed by atoms with Gasteiger partial charge in [-0.15, -0.1) is 12.4 Å². The fourth-order valence-corrected chi connectivity index (χ4v) is 4.20. The molecule has 16 heteroatoms. The van der Waals surface area contributed by atoms with E-state index < -0.39 is 56.7 Å². The van der Waals surface area contributed by atoms with Crippen molar-refractivity contribution in [1.29, 1.82) is 0 Å². The molecule has 4 rings (SSSR count). The Morgan fingerprint density at radius 3 is 2.41 bits per heavy atom. The second kappa shape index (κ2) is 12.4. The molecule has 216 valence electrons. The summed E-state index contributed by atoms with van der Waals surface area (Å²) in [5.41, 5.74) is 5.21. The predicted octanol–water partition coefficient (Wildman–Crippen LogP) is 2.58. The van der Waals surface area contributed by atoms with E-state index in [1.807, 2.05) is 0 Å². The van der Waals surface area contributed by atoms with E-state index in [4.69, 9.17) is 10.5 Å². The fourth-order valence-electron chi connectivity index (χ4n) is 3.64. The van der Waals surface area contributed by atoms with Gasteiger partial charge in [-0.05, 0) is 35.9 Å². The molecule has 0 aliphatic heterocycles. The normalized spacial score (nSPS) is 11.8. The van der Waals surface area contributed by atoms with Crippen LogP contribution in [-0.2, 0) is 24.3 Å². The molecule has 1 atom stereocenters. The zero-order chi connectivity index (χ0) is 29.2. The number of nitrogens with one attached hydrogen (secondary N) is 2. The van der Waals surface area contributed by atoms with Crippen LogP contribution < -0.4 is 10.5 Å². The standard InChI is InChI=1S/C25H21F2N5O7S.ClH/c1-38-25(35)18(28)11-39-24(34)13-5-3-12(4-6-13)14-9-16-20(30-31-23(16)29-10-14)22(33)15-7-8-17(26)21(19(15)27)32-40(2,36)37;/h3-10,18,32H,11,28H2,1-2H3,(H,29,30,31);1H/t18-;/m0./s1. The van der Waals surface area contributed by atoms with Crippen LogP contribution in [0.1, 0.15) is 26.4 Å². The summed E-state index contributed by atoms with van der Waals surface area (Å²) >= 11 is 0. The number of carbonyl (C=O) groups is 3. The van der Waals surface area contributed by atoms with Crippen molar-refractivity contribution in [3.8, 4) is 11.1 Å². The Hall–Kier alpha value is -4.47. The number of H-pyrrole nitrogens is 1. The Balaban J connectivity index is 0.00000462. The number of halogens is 3. The third kappa shape index (κ3) is 6.82. The summed E-state index contributed by atoms with van der Waals surface area (Å²) in [5, 5.41) is 6.66. The molecule has 0 amide bonds. The molecule has 12 nitrogen and oxygen atoms in total. The number of methoxy groups -OCH3 is 1. The predicted molar refractivity (Wildman–Crippen MR) is 145 cm³/mol. The lowest BCUT2D eigenvalue weighted by molar-refractivity contribution is -0.143. The molecule has 0 saturated heterocycles. The number of benzene rings is 2. The Morgan fingerprint density at radius 2 is 1.78 bits per heavy atom. The van der Waals surface area contributed by atoms with Gasteiger partial charge in [0.05, 0.1) is 29.9 Å². The molecule has 2 heterocycles. The smallest absolute Gasteiger partial charge is 0.338 e. The Morgan fingerprint density at radius 1 is 1.10 bits per heavy atom. The summed E-state index contributed by atoms with van der Waals surface area (Å²) in [5.74, 6) is -4.95. The van der Waals surface area contributed by atoms with E-state index in [1.165, 1.54) is 18.3 Å². The van der Waals surface area contributed by atoms with E-state index in [0.29, 0.717) is 17.4 Å². The van der Waals surface area contributed by atoms with Crippen molar-refractivity contribution in [2.75, 3.05) is 24.7 Å². The molecule has 0 aliphatic carbocycles. The van der Waals surface area contributed by atoms with Gasteiger partial charge in [-0.1, -0.05) is 12.1 Å². The molecule has 4 aromatic rings. The van der Waals surface area contributed by atoms with Crippen LogP contribution in [-0.4, -0.2) is 67.3 Å². The number of esters is 2. The molecule has 2 aromatic carbocycles. The van der Waals surface area contributed by atoms with E-state index in [2.05, 4.69) is 19.9 Å². The van der Waals surface area contributed by atoms with Crippen molar-refractivity contribution in [1.82, 2.24) is 15.2 Å². The maximum atomic E-state index is 15.0. The first-order chi connectivity index (χ1) is 18.9. The van der Waals surface area contributed by atoms with Gasteiger partial charge in [0.1, 0.15) is 29.8 Å². The summed E-state index contributed by atoms with van der Waals surface area (Å²) in [6, 6.07) is 8.20. The monoisotopic (exact) mass is 609 g/mol. The highest BCUT2D eigenvalue weighted by molar-refractivity contribution is 7.92. The van der Waals surface area contributed by atoms with Gasteiger partial charge in [0.2, 0.25) is 15.8 Å². The van der Waals surface area contributed by atoms with Crippen LogP contribution in [0.3, 0.4) is 0 Å². The van der Waals surface area contributed by atoms with Crippen LogP contribution in [0, 0.1) is 11.6 Å². The number of ether oxygens (including phenoxy) is 2. The first kappa shape index (κ1) is 31.1. The Kier molecular flexibility index (Phi) is 9.37. The lowest BCUT2D eigenvalue weighted by Gasteiger charge is -2.10. The SMILES string of the molecule is COC(=O)[C@@H](N)COC(=O)c1ccc(-c2cnc3n[nH]c(C(=O)c4ccc(F)c(NS(C)(=O)=O)c4F)c3c2)cc1.Cl. The molecule has 0 saturated carbocycles. The highest BCUT2D eigenvalue weighted by Crippen LogP contribution is 2.28. The van der Waals surface area contributed by atoms with Gasteiger partial charge in [-0.2, -0.15) is 5.10 Å². The van der Waals surface area contributed by atoms with Crippen LogP contribution in [0.25, 0.3) is 22.2 Å². The average Bonchev–Trinajstić information content (AvgIpc) is 3.36. The molecule has 0 spiro atoms. The van der Waals surface area contributed by atoms with E-state index >= 15 is 4.39 Å². The molecule has 2 aromatic heterocycles. The lowest BCUT2D eigenvalue weighted by Crippen LogP contribution is -2.36. The number of hydrogen-bond acceptors (Lipinski definition) is 10. The number of nitrogens with two attached hydrogens (primary N) is 1. The van der Waals surface area contributed by atoms with E-state index in [1.54, 1.807) is 22.9 Å². The number of nitrogens with zero attached hydrogens (tertiary/aromatic N) is 2. The highest BCUT2D eigenvalue weighted by atomic mass is 35.5. The number of anilines is 1. The summed E-state index contributed by atoms with van der Waals surface area (Å²) in [4.78, 5) is 41.0. The number of pyridine rings is 1. The van der Waals surface area contributed by atoms with Gasteiger partial charge in [0.25, 0.3) is 0 Å². The molecule has 4 N–H and O–H groups in total. The third-order valence-electron chi connectivity index (χ3n) is 5.61. The fraction of sp³-hybridized carbons (Fsp3) is 0.160. The number of sulfonamides is 1. The van der Waals surface area contributed by atoms with E-state index in [9.17, 15) is 27.2 Å². The molecular weight excluding hydrogens is 588 g/mol.